The highest BCUT2D eigenvalue weighted by atomic mass is 16.5. The van der Waals surface area contributed by atoms with Crippen molar-refractivity contribution in [1.82, 2.24) is 10.4 Å². The average molecular weight is 264 g/mol. The van der Waals surface area contributed by atoms with Gasteiger partial charge in [-0.2, -0.15) is 0 Å². The van der Waals surface area contributed by atoms with Crippen LogP contribution in [0.4, 0.5) is 0 Å². The lowest BCUT2D eigenvalue weighted by Crippen LogP contribution is -3.12. The van der Waals surface area contributed by atoms with Crippen LogP contribution in [-0.4, -0.2) is 50.5 Å². The molecular weight excluding hydrogens is 242 g/mol. The number of nitrogens with zero attached hydrogens (tertiary/aromatic N) is 1. The van der Waals surface area contributed by atoms with Crippen LogP contribution in [0.2, 0.25) is 0 Å². The third kappa shape index (κ3) is 3.39. The maximum absolute atomic E-state index is 9.96. The molecule has 19 heavy (non-hydrogen) atoms. The molecular formula is C14H22N3O2+. The molecule has 1 aromatic rings. The molecule has 0 aromatic heterocycles. The molecule has 3 N–H and O–H groups in total. The van der Waals surface area contributed by atoms with Gasteiger partial charge >= 0.3 is 0 Å². The number of methoxy groups -OCH3 is 1. The predicted molar refractivity (Wildman–Crippen MR) is 75.0 cm³/mol. The smallest absolute Gasteiger partial charge is 0.128 e. The molecule has 1 saturated heterocycles. The van der Waals surface area contributed by atoms with Gasteiger partial charge in [-0.3, -0.25) is 0 Å². The third-order valence-corrected chi connectivity index (χ3v) is 3.44. The molecule has 1 fully saturated rings. The minimum atomic E-state index is 0.177. The molecule has 5 heteroatoms. The summed E-state index contributed by atoms with van der Waals surface area (Å²) in [6, 6.07) is 5.22. The number of hydrazine groups is 1. The van der Waals surface area contributed by atoms with E-state index >= 15 is 0 Å². The summed E-state index contributed by atoms with van der Waals surface area (Å²) in [7, 11) is 3.77. The van der Waals surface area contributed by atoms with E-state index < -0.39 is 0 Å². The zero-order chi connectivity index (χ0) is 13.8. The minimum absolute atomic E-state index is 0.177. The predicted octanol–water partition coefficient (Wildman–Crippen LogP) is -0.294. The topological polar surface area (TPSA) is 49.2 Å². The number of phenols is 1. The molecule has 0 unspecified atom stereocenters. The summed E-state index contributed by atoms with van der Waals surface area (Å²) < 4.78 is 5.07. The van der Waals surface area contributed by atoms with Crippen LogP contribution in [0, 0.1) is 0 Å². The molecule has 0 bridgehead atoms. The van der Waals surface area contributed by atoms with Crippen LogP contribution < -0.4 is 15.1 Å². The first kappa shape index (κ1) is 13.7. The lowest BCUT2D eigenvalue weighted by Gasteiger charge is -2.31. The van der Waals surface area contributed by atoms with Crippen molar-refractivity contribution in [3.05, 3.63) is 30.3 Å². The second-order valence-corrected chi connectivity index (χ2v) is 4.92. The normalized spacial score (nSPS) is 17.2. The second-order valence-electron chi connectivity index (χ2n) is 4.92. The number of quaternary nitrogens is 1. The highest BCUT2D eigenvalue weighted by molar-refractivity contribution is 5.67. The molecule has 0 aliphatic carbocycles. The SMILES string of the molecule is C=C(NN1CC[NH+](C)CC1)c1ccc(OC)cc1O. The summed E-state index contributed by atoms with van der Waals surface area (Å²) in [6.07, 6.45) is 0. The molecule has 0 amide bonds. The Hall–Kier alpha value is -1.72. The number of piperazine rings is 1. The zero-order valence-corrected chi connectivity index (χ0v) is 11.6. The van der Waals surface area contributed by atoms with Gasteiger partial charge in [0.1, 0.15) is 11.5 Å². The molecule has 2 rings (SSSR count). The van der Waals surface area contributed by atoms with Crippen LogP contribution in [0.15, 0.2) is 24.8 Å². The zero-order valence-electron chi connectivity index (χ0n) is 11.6. The quantitative estimate of drug-likeness (QED) is 0.699. The number of aromatic hydroxyl groups is 1. The first-order chi connectivity index (χ1) is 9.10. The Kier molecular flexibility index (Phi) is 4.29. The van der Waals surface area contributed by atoms with Gasteiger partial charge in [0.2, 0.25) is 0 Å². The third-order valence-electron chi connectivity index (χ3n) is 3.44. The van der Waals surface area contributed by atoms with E-state index in [1.165, 1.54) is 4.90 Å². The Morgan fingerprint density at radius 2 is 2.11 bits per heavy atom. The summed E-state index contributed by atoms with van der Waals surface area (Å²) in [4.78, 5) is 1.54. The maximum Gasteiger partial charge on any atom is 0.128 e. The second kappa shape index (κ2) is 5.95. The summed E-state index contributed by atoms with van der Waals surface area (Å²) in [6.45, 7) is 8.15. The Labute approximate surface area is 114 Å². The monoisotopic (exact) mass is 264 g/mol. The molecule has 0 saturated carbocycles. The lowest BCUT2D eigenvalue weighted by molar-refractivity contribution is -0.884. The number of likely N-dealkylation sites (N-methyl/N-ethyl adjacent to an activating group) is 1. The van der Waals surface area contributed by atoms with Gasteiger partial charge in [0.05, 0.1) is 46.0 Å². The fourth-order valence-electron chi connectivity index (χ4n) is 2.14. The van der Waals surface area contributed by atoms with Crippen molar-refractivity contribution in [2.45, 2.75) is 0 Å². The molecule has 0 atom stereocenters. The first-order valence-corrected chi connectivity index (χ1v) is 6.49. The van der Waals surface area contributed by atoms with Gasteiger partial charge in [-0.15, -0.1) is 0 Å². The largest absolute Gasteiger partial charge is 0.507 e. The van der Waals surface area contributed by atoms with E-state index in [1.807, 2.05) is 12.1 Å². The molecule has 0 spiro atoms. The molecule has 0 radical (unpaired) electrons. The number of hydrogen-bond donors (Lipinski definition) is 3. The molecule has 1 aliphatic heterocycles. The van der Waals surface area contributed by atoms with Gasteiger partial charge < -0.3 is 20.2 Å². The van der Waals surface area contributed by atoms with Crippen molar-refractivity contribution in [3.63, 3.8) is 0 Å². The van der Waals surface area contributed by atoms with Crippen LogP contribution >= 0.6 is 0 Å². The van der Waals surface area contributed by atoms with Gasteiger partial charge in [0, 0.05) is 11.6 Å². The van der Waals surface area contributed by atoms with Crippen LogP contribution in [-0.2, 0) is 0 Å². The number of benzene rings is 1. The maximum atomic E-state index is 9.96. The highest BCUT2D eigenvalue weighted by Gasteiger charge is 2.17. The minimum Gasteiger partial charge on any atom is -0.507 e. The lowest BCUT2D eigenvalue weighted by atomic mass is 10.1. The van der Waals surface area contributed by atoms with Crippen molar-refractivity contribution in [2.75, 3.05) is 40.3 Å². The van der Waals surface area contributed by atoms with Crippen molar-refractivity contribution < 1.29 is 14.7 Å². The Morgan fingerprint density at radius 1 is 1.42 bits per heavy atom. The van der Waals surface area contributed by atoms with E-state index in [4.69, 9.17) is 4.74 Å². The van der Waals surface area contributed by atoms with Crippen molar-refractivity contribution in [2.24, 2.45) is 0 Å². The molecule has 1 aromatic carbocycles. The van der Waals surface area contributed by atoms with E-state index in [2.05, 4.69) is 24.1 Å². The van der Waals surface area contributed by atoms with E-state index in [1.54, 1.807) is 13.2 Å². The van der Waals surface area contributed by atoms with Crippen molar-refractivity contribution in [3.8, 4) is 11.5 Å². The van der Waals surface area contributed by atoms with Gasteiger partial charge in [-0.1, -0.05) is 6.58 Å². The van der Waals surface area contributed by atoms with Crippen molar-refractivity contribution >= 4 is 5.70 Å². The molecule has 5 nitrogen and oxygen atoms in total. The van der Waals surface area contributed by atoms with Gasteiger partial charge in [-0.05, 0) is 12.1 Å². The average Bonchev–Trinajstić information content (AvgIpc) is 2.41. The summed E-state index contributed by atoms with van der Waals surface area (Å²) in [5.74, 6) is 0.814. The summed E-state index contributed by atoms with van der Waals surface area (Å²) >= 11 is 0. The van der Waals surface area contributed by atoms with Crippen LogP contribution in [0.3, 0.4) is 0 Å². The van der Waals surface area contributed by atoms with E-state index in [0.29, 0.717) is 17.0 Å². The van der Waals surface area contributed by atoms with Gasteiger partial charge in [-0.25, -0.2) is 5.01 Å². The van der Waals surface area contributed by atoms with Crippen LogP contribution in [0.5, 0.6) is 11.5 Å². The van der Waals surface area contributed by atoms with Crippen molar-refractivity contribution in [1.29, 1.82) is 0 Å². The summed E-state index contributed by atoms with van der Waals surface area (Å²) in [5.41, 5.74) is 4.67. The molecule has 1 heterocycles. The van der Waals surface area contributed by atoms with E-state index in [-0.39, 0.29) is 5.75 Å². The van der Waals surface area contributed by atoms with Crippen LogP contribution in [0.25, 0.3) is 5.70 Å². The number of ether oxygens (including phenoxy) is 1. The molecule has 1 aliphatic rings. The fraction of sp³-hybridized carbons (Fsp3) is 0.429. The Balaban J connectivity index is 2.00. The number of hydrogen-bond acceptors (Lipinski definition) is 4. The number of phenolic OH excluding ortho intramolecular Hbond substituents is 1. The van der Waals surface area contributed by atoms with E-state index in [0.717, 1.165) is 26.2 Å². The van der Waals surface area contributed by atoms with Crippen LogP contribution in [0.1, 0.15) is 5.56 Å². The number of rotatable bonds is 4. The molecule has 104 valence electrons. The van der Waals surface area contributed by atoms with Gasteiger partial charge in [0.25, 0.3) is 0 Å². The van der Waals surface area contributed by atoms with E-state index in [9.17, 15) is 5.11 Å². The van der Waals surface area contributed by atoms with Gasteiger partial charge in [0.15, 0.2) is 0 Å². The first-order valence-electron chi connectivity index (χ1n) is 6.49. The fourth-order valence-corrected chi connectivity index (χ4v) is 2.14. The highest BCUT2D eigenvalue weighted by Crippen LogP contribution is 2.27. The Morgan fingerprint density at radius 3 is 2.68 bits per heavy atom. The number of nitrogens with one attached hydrogen (secondary N) is 2. The Bertz CT molecular complexity index is 454. The standard InChI is InChI=1S/C14H21N3O2/c1-11(15-17-8-6-16(2)7-9-17)13-5-4-12(19-3)10-14(13)18/h4-5,10,15,18H,1,6-9H2,2-3H3/p+1. The summed E-state index contributed by atoms with van der Waals surface area (Å²) in [5, 5.41) is 12.1.